The van der Waals surface area contributed by atoms with Crippen LogP contribution in [0, 0.1) is 10.1 Å². The Balaban J connectivity index is 0.000000235. The molecule has 2 saturated heterocycles. The monoisotopic (exact) mass is 473 g/mol. The fourth-order valence-corrected chi connectivity index (χ4v) is 2.91. The summed E-state index contributed by atoms with van der Waals surface area (Å²) >= 11 is 0. The largest absolute Gasteiger partial charge is 0.508 e. The number of rotatable bonds is 4. The number of nitro groups is 1. The van der Waals surface area contributed by atoms with Crippen molar-refractivity contribution in [1.82, 2.24) is 15.2 Å². The molecule has 3 heterocycles. The molecular weight excluding hydrogens is 446 g/mol. The molecule has 0 radical (unpaired) electrons. The number of carbonyl (C=O) groups excluding carboxylic acids is 3. The van der Waals surface area contributed by atoms with Gasteiger partial charge in [-0.1, -0.05) is 0 Å². The molecular formula is C22H27N5O7. The Bertz CT molecular complexity index is 1010. The van der Waals surface area contributed by atoms with Crippen molar-refractivity contribution in [3.8, 4) is 5.75 Å². The van der Waals surface area contributed by atoms with Gasteiger partial charge in [-0.3, -0.25) is 24.5 Å². The molecule has 1 aromatic heterocycles. The van der Waals surface area contributed by atoms with E-state index >= 15 is 0 Å². The quantitative estimate of drug-likeness (QED) is 0.391. The lowest BCUT2D eigenvalue weighted by Crippen LogP contribution is -2.17. The molecule has 4 rings (SSSR count). The molecule has 2 aromatic rings. The molecule has 0 saturated carbocycles. The number of benzene rings is 1. The smallest absolute Gasteiger partial charge is 0.433 e. The minimum Gasteiger partial charge on any atom is -0.508 e. The second-order valence-corrected chi connectivity index (χ2v) is 7.52. The Morgan fingerprint density at radius 1 is 1.06 bits per heavy atom. The number of hydrogen-bond donors (Lipinski definition) is 2. The number of furan rings is 1. The Morgan fingerprint density at radius 2 is 1.62 bits per heavy atom. The summed E-state index contributed by atoms with van der Waals surface area (Å²) in [6.45, 7) is 1.91. The lowest BCUT2D eigenvalue weighted by molar-refractivity contribution is -0.402. The number of amides is 3. The molecule has 12 nitrogen and oxygen atoms in total. The molecule has 34 heavy (non-hydrogen) atoms. The molecule has 0 unspecified atom stereocenters. The van der Waals surface area contributed by atoms with Crippen molar-refractivity contribution in [3.63, 3.8) is 0 Å². The lowest BCUT2D eigenvalue weighted by Gasteiger charge is -2.03. The molecule has 0 atom stereocenters. The Morgan fingerprint density at radius 3 is 2.00 bits per heavy atom. The minimum atomic E-state index is -0.674. The van der Waals surface area contributed by atoms with Gasteiger partial charge in [-0.05, 0) is 43.2 Å². The van der Waals surface area contributed by atoms with Crippen LogP contribution in [0.25, 0.3) is 0 Å². The summed E-state index contributed by atoms with van der Waals surface area (Å²) in [7, 11) is 3.69. The molecule has 0 bridgehead atoms. The standard InChI is InChI=1S/C12H9N3O5.2C5H9NO/c16-9-3-1-8(2-4-9)12(17)14-13-7-10-5-6-11(20-10)15(18)19;2*1-6-4-2-3-5(6)7/h1-7,16H,(H,14,17);2*2-4H2,1H3/b13-7+;;. The van der Waals surface area contributed by atoms with Gasteiger partial charge in [0.1, 0.15) is 10.7 Å². The summed E-state index contributed by atoms with van der Waals surface area (Å²) in [6.07, 6.45) is 4.77. The van der Waals surface area contributed by atoms with Crippen molar-refractivity contribution in [2.45, 2.75) is 25.7 Å². The Kier molecular flexibility index (Phi) is 9.74. The van der Waals surface area contributed by atoms with Crippen LogP contribution in [0.2, 0.25) is 0 Å². The molecule has 12 heteroatoms. The average Bonchev–Trinajstić information content (AvgIpc) is 3.53. The molecule has 0 aliphatic carbocycles. The van der Waals surface area contributed by atoms with E-state index in [-0.39, 0.29) is 11.5 Å². The number of likely N-dealkylation sites (tertiary alicyclic amines) is 2. The van der Waals surface area contributed by atoms with Crippen LogP contribution in [0.5, 0.6) is 5.75 Å². The summed E-state index contributed by atoms with van der Waals surface area (Å²) in [5, 5.41) is 23.1. The first-order valence-electron chi connectivity index (χ1n) is 10.5. The second kappa shape index (κ2) is 12.7. The Hall–Kier alpha value is -4.22. The number of carbonyl (C=O) groups is 3. The molecule has 3 amide bonds. The van der Waals surface area contributed by atoms with Gasteiger partial charge < -0.3 is 19.3 Å². The number of aromatic hydroxyl groups is 1. The number of hydrazone groups is 1. The summed E-state index contributed by atoms with van der Waals surface area (Å²) in [6, 6.07) is 8.14. The summed E-state index contributed by atoms with van der Waals surface area (Å²) in [5.74, 6) is -0.116. The predicted molar refractivity (Wildman–Crippen MR) is 122 cm³/mol. The summed E-state index contributed by atoms with van der Waals surface area (Å²) in [4.78, 5) is 45.9. The Labute approximate surface area is 196 Å². The van der Waals surface area contributed by atoms with Crippen molar-refractivity contribution < 1.29 is 28.8 Å². The molecule has 1 aromatic carbocycles. The van der Waals surface area contributed by atoms with Crippen LogP contribution in [0.1, 0.15) is 41.8 Å². The third-order valence-corrected chi connectivity index (χ3v) is 4.90. The maximum absolute atomic E-state index is 11.6. The van der Waals surface area contributed by atoms with E-state index in [1.165, 1.54) is 36.4 Å². The van der Waals surface area contributed by atoms with Crippen molar-refractivity contribution in [2.75, 3.05) is 27.2 Å². The first kappa shape index (κ1) is 26.0. The van der Waals surface area contributed by atoms with Gasteiger partial charge in [0.2, 0.25) is 11.8 Å². The van der Waals surface area contributed by atoms with Gasteiger partial charge >= 0.3 is 5.88 Å². The zero-order chi connectivity index (χ0) is 25.1. The van der Waals surface area contributed by atoms with Gasteiger partial charge in [0.05, 0.1) is 12.3 Å². The van der Waals surface area contributed by atoms with Crippen LogP contribution >= 0.6 is 0 Å². The predicted octanol–water partition coefficient (Wildman–Crippen LogP) is 2.13. The first-order valence-corrected chi connectivity index (χ1v) is 10.5. The third kappa shape index (κ3) is 8.37. The highest BCUT2D eigenvalue weighted by molar-refractivity contribution is 5.94. The maximum Gasteiger partial charge on any atom is 0.433 e. The molecule has 2 aliphatic heterocycles. The number of hydrogen-bond acceptors (Lipinski definition) is 8. The number of nitrogens with one attached hydrogen (secondary N) is 1. The number of phenolic OH excluding ortho intramolecular Hbond substituents is 1. The van der Waals surface area contributed by atoms with Crippen LogP contribution < -0.4 is 5.43 Å². The highest BCUT2D eigenvalue weighted by Gasteiger charge is 2.15. The third-order valence-electron chi connectivity index (χ3n) is 4.90. The molecule has 2 aliphatic rings. The average molecular weight is 473 g/mol. The van der Waals surface area contributed by atoms with E-state index in [9.17, 15) is 24.5 Å². The summed E-state index contributed by atoms with van der Waals surface area (Å²) < 4.78 is 4.82. The highest BCUT2D eigenvalue weighted by atomic mass is 16.6. The van der Waals surface area contributed by atoms with E-state index in [1.807, 2.05) is 14.1 Å². The van der Waals surface area contributed by atoms with Crippen molar-refractivity contribution >= 4 is 29.8 Å². The van der Waals surface area contributed by atoms with Gasteiger partial charge in [-0.25, -0.2) is 5.43 Å². The molecule has 2 N–H and O–H groups in total. The van der Waals surface area contributed by atoms with E-state index < -0.39 is 16.7 Å². The van der Waals surface area contributed by atoms with E-state index in [0.29, 0.717) is 17.4 Å². The van der Waals surface area contributed by atoms with Crippen LogP contribution in [-0.4, -0.2) is 71.0 Å². The zero-order valence-electron chi connectivity index (χ0n) is 19.0. The van der Waals surface area contributed by atoms with Crippen molar-refractivity contribution in [3.05, 3.63) is 57.8 Å². The maximum atomic E-state index is 11.6. The van der Waals surface area contributed by atoms with E-state index in [4.69, 9.17) is 9.52 Å². The number of nitrogens with zero attached hydrogens (tertiary/aromatic N) is 4. The fraction of sp³-hybridized carbons (Fsp3) is 0.364. The molecule has 2 fully saturated rings. The topological polar surface area (TPSA) is 159 Å². The zero-order valence-corrected chi connectivity index (χ0v) is 19.0. The van der Waals surface area contributed by atoms with Gasteiger partial charge in [0.15, 0.2) is 5.76 Å². The van der Waals surface area contributed by atoms with Crippen LogP contribution in [-0.2, 0) is 9.59 Å². The SMILES string of the molecule is CN1CCCC1=O.CN1CCCC1=O.O=C(N/N=C/c1ccc([N+](=O)[O-])o1)c1ccc(O)cc1. The molecule has 0 spiro atoms. The van der Waals surface area contributed by atoms with Crippen molar-refractivity contribution in [1.29, 1.82) is 0 Å². The number of phenols is 1. The highest BCUT2D eigenvalue weighted by Crippen LogP contribution is 2.14. The molecule has 182 valence electrons. The van der Waals surface area contributed by atoms with E-state index in [1.54, 1.807) is 9.80 Å². The minimum absolute atomic E-state index is 0.0490. The van der Waals surface area contributed by atoms with Gasteiger partial charge in [0.25, 0.3) is 5.91 Å². The van der Waals surface area contributed by atoms with E-state index in [0.717, 1.165) is 45.0 Å². The van der Waals surface area contributed by atoms with E-state index in [2.05, 4.69) is 10.5 Å². The summed E-state index contributed by atoms with van der Waals surface area (Å²) in [5.41, 5.74) is 2.53. The second-order valence-electron chi connectivity index (χ2n) is 7.52. The normalized spacial score (nSPS) is 15.0. The van der Waals surface area contributed by atoms with Crippen LogP contribution in [0.15, 0.2) is 45.9 Å². The fourth-order valence-electron chi connectivity index (χ4n) is 2.91. The lowest BCUT2D eigenvalue weighted by atomic mass is 10.2. The van der Waals surface area contributed by atoms with Crippen molar-refractivity contribution in [2.24, 2.45) is 5.10 Å². The van der Waals surface area contributed by atoms with Crippen LogP contribution in [0.3, 0.4) is 0 Å². The van der Waals surface area contributed by atoms with Gasteiger partial charge in [-0.2, -0.15) is 5.10 Å². The van der Waals surface area contributed by atoms with Gasteiger partial charge in [-0.15, -0.1) is 0 Å². The van der Waals surface area contributed by atoms with Gasteiger partial charge in [0, 0.05) is 45.6 Å². The first-order chi connectivity index (χ1) is 16.2. The van der Waals surface area contributed by atoms with Crippen LogP contribution in [0.4, 0.5) is 5.88 Å².